The molecule has 4 heteroatoms. The highest BCUT2D eigenvalue weighted by molar-refractivity contribution is 6.18. The lowest BCUT2D eigenvalue weighted by Gasteiger charge is -2.16. The number of nitrogens with zero attached hydrogens (tertiary/aromatic N) is 2. The zero-order chi connectivity index (χ0) is 13.5. The second-order valence-electron chi connectivity index (χ2n) is 4.70. The second kappa shape index (κ2) is 7.31. The monoisotopic (exact) mass is 277 g/mol. The number of nitrogens with one attached hydrogen (secondary N) is 1. The molecule has 3 nitrogen and oxygen atoms in total. The lowest BCUT2D eigenvalue weighted by molar-refractivity contribution is 0.544. The maximum atomic E-state index is 6.03. The summed E-state index contributed by atoms with van der Waals surface area (Å²) in [5, 5.41) is 3.50. The fourth-order valence-corrected chi connectivity index (χ4v) is 2.32. The molecule has 1 aromatic heterocycles. The number of hydrogen-bond donors (Lipinski definition) is 1. The van der Waals surface area contributed by atoms with E-state index in [1.54, 1.807) is 0 Å². The molecule has 0 amide bonds. The summed E-state index contributed by atoms with van der Waals surface area (Å²) >= 11 is 6.03. The predicted octanol–water partition coefficient (Wildman–Crippen LogP) is 2.40. The van der Waals surface area contributed by atoms with Gasteiger partial charge in [-0.3, -0.25) is 0 Å². The molecule has 2 aromatic rings. The SMILES string of the molecule is Cn1ccnc1CCNC(CCl)Cc1ccccc1. The summed E-state index contributed by atoms with van der Waals surface area (Å²) in [6.07, 6.45) is 5.69. The van der Waals surface area contributed by atoms with Crippen LogP contribution in [0.2, 0.25) is 0 Å². The van der Waals surface area contributed by atoms with Gasteiger partial charge in [0.05, 0.1) is 0 Å². The summed E-state index contributed by atoms with van der Waals surface area (Å²) < 4.78 is 2.05. The van der Waals surface area contributed by atoms with Crippen molar-refractivity contribution in [2.45, 2.75) is 18.9 Å². The molecule has 0 spiro atoms. The maximum absolute atomic E-state index is 6.03. The Balaban J connectivity index is 1.78. The van der Waals surface area contributed by atoms with E-state index in [-0.39, 0.29) is 0 Å². The average molecular weight is 278 g/mol. The van der Waals surface area contributed by atoms with E-state index >= 15 is 0 Å². The molecule has 0 saturated carbocycles. The number of aromatic nitrogens is 2. The van der Waals surface area contributed by atoms with Gasteiger partial charge in [-0.2, -0.15) is 0 Å². The molecule has 1 atom stereocenters. The van der Waals surface area contributed by atoms with Crippen LogP contribution in [0.1, 0.15) is 11.4 Å². The van der Waals surface area contributed by atoms with E-state index in [1.807, 2.05) is 25.5 Å². The van der Waals surface area contributed by atoms with Crippen molar-refractivity contribution in [3.63, 3.8) is 0 Å². The highest BCUT2D eigenvalue weighted by Gasteiger charge is 2.08. The Labute approximate surface area is 119 Å². The van der Waals surface area contributed by atoms with Crippen LogP contribution in [0.3, 0.4) is 0 Å². The number of rotatable bonds is 7. The maximum Gasteiger partial charge on any atom is 0.109 e. The molecular formula is C15H20ClN3. The van der Waals surface area contributed by atoms with Gasteiger partial charge in [0.2, 0.25) is 0 Å². The number of benzene rings is 1. The van der Waals surface area contributed by atoms with Crippen LogP contribution in [0, 0.1) is 0 Å². The quantitative estimate of drug-likeness (QED) is 0.788. The molecule has 0 radical (unpaired) electrons. The third-order valence-corrected chi connectivity index (χ3v) is 3.59. The van der Waals surface area contributed by atoms with Crippen LogP contribution in [-0.4, -0.2) is 28.0 Å². The zero-order valence-electron chi connectivity index (χ0n) is 11.2. The van der Waals surface area contributed by atoms with Crippen molar-refractivity contribution in [2.75, 3.05) is 12.4 Å². The fraction of sp³-hybridized carbons (Fsp3) is 0.400. The van der Waals surface area contributed by atoms with E-state index in [0.29, 0.717) is 11.9 Å². The molecule has 0 aliphatic rings. The van der Waals surface area contributed by atoms with Crippen LogP contribution in [0.15, 0.2) is 42.7 Å². The Hall–Kier alpha value is -1.32. The molecule has 1 heterocycles. The van der Waals surface area contributed by atoms with E-state index < -0.39 is 0 Å². The summed E-state index contributed by atoms with van der Waals surface area (Å²) in [6, 6.07) is 10.8. The second-order valence-corrected chi connectivity index (χ2v) is 5.01. The average Bonchev–Trinajstić information content (AvgIpc) is 2.84. The molecule has 0 aliphatic heterocycles. The topological polar surface area (TPSA) is 29.9 Å². The Morgan fingerprint density at radius 3 is 2.74 bits per heavy atom. The summed E-state index contributed by atoms with van der Waals surface area (Å²) in [6.45, 7) is 0.898. The van der Waals surface area contributed by atoms with E-state index in [1.165, 1.54) is 5.56 Å². The van der Waals surface area contributed by atoms with Gasteiger partial charge in [-0.15, -0.1) is 11.6 Å². The minimum atomic E-state index is 0.310. The standard InChI is InChI=1S/C15H20ClN3/c1-19-10-9-18-15(19)7-8-17-14(12-16)11-13-5-3-2-4-6-13/h2-6,9-10,14,17H,7-8,11-12H2,1H3. The first kappa shape index (κ1) is 14.1. The largest absolute Gasteiger partial charge is 0.338 e. The highest BCUT2D eigenvalue weighted by atomic mass is 35.5. The van der Waals surface area contributed by atoms with Gasteiger partial charge in [0.15, 0.2) is 0 Å². The van der Waals surface area contributed by atoms with E-state index in [2.05, 4.69) is 39.1 Å². The third kappa shape index (κ3) is 4.37. The van der Waals surface area contributed by atoms with Crippen LogP contribution in [-0.2, 0) is 19.9 Å². The van der Waals surface area contributed by atoms with Crippen LogP contribution in [0.25, 0.3) is 0 Å². The summed E-state index contributed by atoms with van der Waals surface area (Å²) in [5.74, 6) is 1.72. The molecule has 0 saturated heterocycles. The Morgan fingerprint density at radius 1 is 1.32 bits per heavy atom. The summed E-state index contributed by atoms with van der Waals surface area (Å²) in [5.41, 5.74) is 1.32. The fourth-order valence-electron chi connectivity index (χ4n) is 2.11. The highest BCUT2D eigenvalue weighted by Crippen LogP contribution is 2.04. The first-order valence-corrected chi connectivity index (χ1v) is 7.12. The normalized spacial score (nSPS) is 12.5. The molecule has 0 bridgehead atoms. The van der Waals surface area contributed by atoms with Gasteiger partial charge in [-0.1, -0.05) is 30.3 Å². The van der Waals surface area contributed by atoms with Gasteiger partial charge in [0.25, 0.3) is 0 Å². The van der Waals surface area contributed by atoms with Gasteiger partial charge in [0.1, 0.15) is 5.82 Å². The summed E-state index contributed by atoms with van der Waals surface area (Å²) in [4.78, 5) is 4.31. The number of aryl methyl sites for hydroxylation is 1. The van der Waals surface area contributed by atoms with Crippen molar-refractivity contribution in [3.05, 3.63) is 54.1 Å². The van der Waals surface area contributed by atoms with Crippen molar-refractivity contribution in [1.82, 2.24) is 14.9 Å². The summed E-state index contributed by atoms with van der Waals surface area (Å²) in [7, 11) is 2.02. The van der Waals surface area contributed by atoms with Crippen LogP contribution < -0.4 is 5.32 Å². The molecule has 102 valence electrons. The molecule has 1 aromatic carbocycles. The molecular weight excluding hydrogens is 258 g/mol. The number of imidazole rings is 1. The zero-order valence-corrected chi connectivity index (χ0v) is 12.0. The number of alkyl halides is 1. The first-order valence-electron chi connectivity index (χ1n) is 6.59. The van der Waals surface area contributed by atoms with Crippen molar-refractivity contribution < 1.29 is 0 Å². The lowest BCUT2D eigenvalue weighted by Crippen LogP contribution is -2.34. The van der Waals surface area contributed by atoms with E-state index in [0.717, 1.165) is 25.2 Å². The van der Waals surface area contributed by atoms with Crippen molar-refractivity contribution >= 4 is 11.6 Å². The Bertz CT molecular complexity index is 481. The van der Waals surface area contributed by atoms with Crippen molar-refractivity contribution in [1.29, 1.82) is 0 Å². The van der Waals surface area contributed by atoms with Crippen LogP contribution in [0.5, 0.6) is 0 Å². The predicted molar refractivity (Wildman–Crippen MR) is 79.6 cm³/mol. The van der Waals surface area contributed by atoms with Crippen molar-refractivity contribution in [3.8, 4) is 0 Å². The third-order valence-electron chi connectivity index (χ3n) is 3.21. The number of halogens is 1. The van der Waals surface area contributed by atoms with E-state index in [9.17, 15) is 0 Å². The van der Waals surface area contributed by atoms with Crippen molar-refractivity contribution in [2.24, 2.45) is 7.05 Å². The molecule has 0 aliphatic carbocycles. The molecule has 0 fully saturated rings. The smallest absolute Gasteiger partial charge is 0.109 e. The Morgan fingerprint density at radius 2 is 2.11 bits per heavy atom. The molecule has 2 rings (SSSR count). The number of hydrogen-bond acceptors (Lipinski definition) is 2. The first-order chi connectivity index (χ1) is 9.29. The van der Waals surface area contributed by atoms with E-state index in [4.69, 9.17) is 11.6 Å². The van der Waals surface area contributed by atoms with Gasteiger partial charge in [-0.05, 0) is 12.0 Å². The van der Waals surface area contributed by atoms with Gasteiger partial charge >= 0.3 is 0 Å². The molecule has 1 unspecified atom stereocenters. The Kier molecular flexibility index (Phi) is 5.43. The minimum absolute atomic E-state index is 0.310. The lowest BCUT2D eigenvalue weighted by atomic mass is 10.1. The molecule has 19 heavy (non-hydrogen) atoms. The van der Waals surface area contributed by atoms with Crippen LogP contribution >= 0.6 is 11.6 Å². The van der Waals surface area contributed by atoms with Gasteiger partial charge in [0, 0.05) is 44.3 Å². The molecule has 1 N–H and O–H groups in total. The van der Waals surface area contributed by atoms with Gasteiger partial charge < -0.3 is 9.88 Å². The van der Waals surface area contributed by atoms with Gasteiger partial charge in [-0.25, -0.2) is 4.98 Å². The van der Waals surface area contributed by atoms with Crippen LogP contribution in [0.4, 0.5) is 0 Å². The minimum Gasteiger partial charge on any atom is -0.338 e.